The van der Waals surface area contributed by atoms with Crippen LogP contribution in [0.2, 0.25) is 0 Å². The minimum atomic E-state index is -0.794. The Morgan fingerprint density at radius 3 is 2.26 bits per heavy atom. The molecule has 0 unspecified atom stereocenters. The number of oxazole rings is 1. The SMILES string of the molecule is CC(C)c1nc2ccc(NC(=O)c3cc([N+](=O)[O-])cc([N+](=O)[O-])c3)cc2o1. The van der Waals surface area contributed by atoms with Gasteiger partial charge in [-0.25, -0.2) is 4.98 Å². The number of hydrogen-bond donors (Lipinski definition) is 1. The number of hydrogen-bond acceptors (Lipinski definition) is 7. The van der Waals surface area contributed by atoms with Gasteiger partial charge >= 0.3 is 0 Å². The minimum absolute atomic E-state index is 0.0980. The number of nitro benzene ring substituents is 2. The smallest absolute Gasteiger partial charge is 0.277 e. The molecule has 0 bridgehead atoms. The number of nitrogens with zero attached hydrogens (tertiary/aromatic N) is 3. The van der Waals surface area contributed by atoms with E-state index < -0.39 is 27.1 Å². The van der Waals surface area contributed by atoms with Gasteiger partial charge in [-0.3, -0.25) is 25.0 Å². The molecule has 1 aromatic heterocycles. The summed E-state index contributed by atoms with van der Waals surface area (Å²) in [6.45, 7) is 3.87. The van der Waals surface area contributed by atoms with Gasteiger partial charge in [0.25, 0.3) is 17.3 Å². The number of carbonyl (C=O) groups excluding carboxylic acids is 1. The zero-order valence-corrected chi connectivity index (χ0v) is 14.3. The van der Waals surface area contributed by atoms with Crippen molar-refractivity contribution >= 4 is 34.1 Å². The van der Waals surface area contributed by atoms with E-state index >= 15 is 0 Å². The fourth-order valence-corrected chi connectivity index (χ4v) is 2.41. The third kappa shape index (κ3) is 3.73. The number of carbonyl (C=O) groups is 1. The highest BCUT2D eigenvalue weighted by atomic mass is 16.6. The van der Waals surface area contributed by atoms with Crippen molar-refractivity contribution in [2.24, 2.45) is 0 Å². The molecule has 0 atom stereocenters. The second kappa shape index (κ2) is 6.83. The van der Waals surface area contributed by atoms with Crippen LogP contribution in [0.25, 0.3) is 11.1 Å². The molecular formula is C17H14N4O6. The number of benzene rings is 2. The molecule has 1 heterocycles. The first-order chi connectivity index (χ1) is 12.7. The maximum atomic E-state index is 12.4. The molecule has 0 fully saturated rings. The highest BCUT2D eigenvalue weighted by molar-refractivity contribution is 6.05. The van der Waals surface area contributed by atoms with Crippen LogP contribution in [0, 0.1) is 20.2 Å². The summed E-state index contributed by atoms with van der Waals surface area (Å²) in [5, 5.41) is 24.4. The molecule has 0 aliphatic rings. The zero-order chi connectivity index (χ0) is 19.7. The molecule has 1 amide bonds. The van der Waals surface area contributed by atoms with Crippen molar-refractivity contribution < 1.29 is 19.1 Å². The Kier molecular flexibility index (Phi) is 4.55. The minimum Gasteiger partial charge on any atom is -0.440 e. The summed E-state index contributed by atoms with van der Waals surface area (Å²) < 4.78 is 5.62. The zero-order valence-electron chi connectivity index (χ0n) is 14.3. The monoisotopic (exact) mass is 370 g/mol. The summed E-state index contributed by atoms with van der Waals surface area (Å²) in [5.74, 6) is -0.0617. The largest absolute Gasteiger partial charge is 0.440 e. The lowest BCUT2D eigenvalue weighted by Crippen LogP contribution is -2.12. The standard InChI is InChI=1S/C17H14N4O6/c1-9(2)17-19-14-4-3-11(7-15(14)27-17)18-16(22)10-5-12(20(23)24)8-13(6-10)21(25)26/h3-9H,1-2H3,(H,18,22). The van der Waals surface area contributed by atoms with Crippen LogP contribution in [-0.4, -0.2) is 20.7 Å². The maximum Gasteiger partial charge on any atom is 0.277 e. The number of rotatable bonds is 5. The molecule has 10 nitrogen and oxygen atoms in total. The highest BCUT2D eigenvalue weighted by Crippen LogP contribution is 2.26. The summed E-state index contributed by atoms with van der Waals surface area (Å²) >= 11 is 0. The number of nitro groups is 2. The lowest BCUT2D eigenvalue weighted by Gasteiger charge is -2.05. The molecule has 0 saturated carbocycles. The van der Waals surface area contributed by atoms with Gasteiger partial charge in [0.15, 0.2) is 11.5 Å². The number of anilines is 1. The molecule has 0 aliphatic carbocycles. The quantitative estimate of drug-likeness (QED) is 0.528. The van der Waals surface area contributed by atoms with E-state index in [-0.39, 0.29) is 11.5 Å². The Morgan fingerprint density at radius 1 is 1.07 bits per heavy atom. The Bertz CT molecular complexity index is 1040. The van der Waals surface area contributed by atoms with Gasteiger partial charge in [0.05, 0.1) is 21.5 Å². The average Bonchev–Trinajstić information content (AvgIpc) is 3.04. The van der Waals surface area contributed by atoms with Crippen LogP contribution in [-0.2, 0) is 0 Å². The average molecular weight is 370 g/mol. The summed E-state index contributed by atoms with van der Waals surface area (Å²) in [7, 11) is 0. The Morgan fingerprint density at radius 2 is 1.70 bits per heavy atom. The summed E-state index contributed by atoms with van der Waals surface area (Å²) in [6, 6.07) is 7.58. The summed E-state index contributed by atoms with van der Waals surface area (Å²) in [4.78, 5) is 37.0. The van der Waals surface area contributed by atoms with E-state index in [0.717, 1.165) is 18.2 Å². The van der Waals surface area contributed by atoms with Crippen molar-refractivity contribution in [3.63, 3.8) is 0 Å². The van der Waals surface area contributed by atoms with Crippen molar-refractivity contribution in [1.29, 1.82) is 0 Å². The second-order valence-corrected chi connectivity index (χ2v) is 6.10. The third-order valence-corrected chi connectivity index (χ3v) is 3.74. The summed E-state index contributed by atoms with van der Waals surface area (Å²) in [5.41, 5.74) is 0.192. The third-order valence-electron chi connectivity index (χ3n) is 3.74. The van der Waals surface area contributed by atoms with Gasteiger partial charge in [-0.15, -0.1) is 0 Å². The molecule has 10 heteroatoms. The van der Waals surface area contributed by atoms with E-state index in [0.29, 0.717) is 22.7 Å². The Labute approximate surface area is 152 Å². The molecule has 27 heavy (non-hydrogen) atoms. The molecule has 3 rings (SSSR count). The van der Waals surface area contributed by atoms with Gasteiger partial charge < -0.3 is 9.73 Å². The van der Waals surface area contributed by atoms with Crippen molar-refractivity contribution in [3.8, 4) is 0 Å². The lowest BCUT2D eigenvalue weighted by atomic mass is 10.1. The van der Waals surface area contributed by atoms with Gasteiger partial charge in [0, 0.05) is 29.8 Å². The van der Waals surface area contributed by atoms with Crippen molar-refractivity contribution in [3.05, 3.63) is 68.1 Å². The van der Waals surface area contributed by atoms with Crippen molar-refractivity contribution in [2.45, 2.75) is 19.8 Å². The van der Waals surface area contributed by atoms with Crippen LogP contribution in [0.1, 0.15) is 36.0 Å². The Balaban J connectivity index is 1.91. The van der Waals surface area contributed by atoms with Gasteiger partial charge in [0.1, 0.15) is 5.52 Å². The van der Waals surface area contributed by atoms with E-state index in [2.05, 4.69) is 10.3 Å². The van der Waals surface area contributed by atoms with Crippen LogP contribution < -0.4 is 5.32 Å². The van der Waals surface area contributed by atoms with E-state index in [1.807, 2.05) is 13.8 Å². The van der Waals surface area contributed by atoms with E-state index in [9.17, 15) is 25.0 Å². The number of nitrogens with one attached hydrogen (secondary N) is 1. The van der Waals surface area contributed by atoms with Crippen LogP contribution in [0.15, 0.2) is 40.8 Å². The van der Waals surface area contributed by atoms with Gasteiger partial charge in [0.2, 0.25) is 0 Å². The molecule has 0 radical (unpaired) electrons. The van der Waals surface area contributed by atoms with Gasteiger partial charge in [-0.2, -0.15) is 0 Å². The first-order valence-corrected chi connectivity index (χ1v) is 7.90. The predicted molar refractivity (Wildman–Crippen MR) is 95.8 cm³/mol. The maximum absolute atomic E-state index is 12.4. The number of non-ortho nitro benzene ring substituents is 2. The first kappa shape index (κ1) is 18.0. The molecule has 1 N–H and O–H groups in total. The predicted octanol–water partition coefficient (Wildman–Crippen LogP) is 4.02. The molecule has 0 aliphatic heterocycles. The van der Waals surface area contributed by atoms with Gasteiger partial charge in [-0.1, -0.05) is 13.8 Å². The first-order valence-electron chi connectivity index (χ1n) is 7.90. The van der Waals surface area contributed by atoms with Crippen molar-refractivity contribution in [2.75, 3.05) is 5.32 Å². The molecule has 2 aromatic carbocycles. The van der Waals surface area contributed by atoms with E-state index in [4.69, 9.17) is 4.42 Å². The number of amides is 1. The van der Waals surface area contributed by atoms with Crippen LogP contribution in [0.4, 0.5) is 17.1 Å². The molecule has 3 aromatic rings. The molecular weight excluding hydrogens is 356 g/mol. The summed E-state index contributed by atoms with van der Waals surface area (Å²) in [6.07, 6.45) is 0. The lowest BCUT2D eigenvalue weighted by molar-refractivity contribution is -0.394. The van der Waals surface area contributed by atoms with Crippen LogP contribution >= 0.6 is 0 Å². The normalized spacial score (nSPS) is 10.9. The number of aromatic nitrogens is 1. The highest BCUT2D eigenvalue weighted by Gasteiger charge is 2.20. The molecule has 0 saturated heterocycles. The molecule has 138 valence electrons. The van der Waals surface area contributed by atoms with Crippen LogP contribution in [0.3, 0.4) is 0 Å². The Hall–Kier alpha value is -3.82. The van der Waals surface area contributed by atoms with Crippen molar-refractivity contribution in [1.82, 2.24) is 4.98 Å². The topological polar surface area (TPSA) is 141 Å². The fraction of sp³-hybridized carbons (Fsp3) is 0.176. The molecule has 0 spiro atoms. The van der Waals surface area contributed by atoms with E-state index in [1.54, 1.807) is 18.2 Å². The van der Waals surface area contributed by atoms with Crippen LogP contribution in [0.5, 0.6) is 0 Å². The number of fused-ring (bicyclic) bond motifs is 1. The van der Waals surface area contributed by atoms with Gasteiger partial charge in [-0.05, 0) is 12.1 Å². The fourth-order valence-electron chi connectivity index (χ4n) is 2.41. The second-order valence-electron chi connectivity index (χ2n) is 6.10. The van der Waals surface area contributed by atoms with E-state index in [1.165, 1.54) is 0 Å².